The van der Waals surface area contributed by atoms with Crippen molar-refractivity contribution in [3.05, 3.63) is 0 Å². The predicted octanol–water partition coefficient (Wildman–Crippen LogP) is 0.914. The van der Waals surface area contributed by atoms with Gasteiger partial charge in [0, 0.05) is 31.0 Å². The molecule has 2 aliphatic carbocycles. The van der Waals surface area contributed by atoms with Crippen molar-refractivity contribution in [1.29, 1.82) is 0 Å². The Bertz CT molecular complexity index is 334. The number of amides is 2. The molecule has 0 radical (unpaired) electrons. The first-order valence-corrected chi connectivity index (χ1v) is 6.83. The number of carbonyl (C=O) groups excluding carboxylic acids is 2. The summed E-state index contributed by atoms with van der Waals surface area (Å²) in [5, 5.41) is 3.09. The maximum atomic E-state index is 11.9. The van der Waals surface area contributed by atoms with E-state index in [0.29, 0.717) is 11.8 Å². The number of likely N-dealkylation sites (tertiary alicyclic amines) is 1. The maximum absolute atomic E-state index is 11.9. The molecule has 1 atom stereocenters. The Balaban J connectivity index is 1.46. The van der Waals surface area contributed by atoms with Crippen molar-refractivity contribution in [2.75, 3.05) is 13.1 Å². The summed E-state index contributed by atoms with van der Waals surface area (Å²) < 4.78 is 0. The van der Waals surface area contributed by atoms with E-state index < -0.39 is 0 Å². The molecule has 2 amide bonds. The molecule has 0 spiro atoms. The Kier molecular flexibility index (Phi) is 2.81. The normalized spacial score (nSPS) is 28.9. The molecular weight excluding hydrogens is 216 g/mol. The molecule has 1 N–H and O–H groups in total. The van der Waals surface area contributed by atoms with E-state index in [-0.39, 0.29) is 17.9 Å². The lowest BCUT2D eigenvalue weighted by atomic mass is 9.84. The van der Waals surface area contributed by atoms with Crippen LogP contribution < -0.4 is 5.32 Å². The molecule has 1 heterocycles. The van der Waals surface area contributed by atoms with Crippen molar-refractivity contribution in [2.45, 2.75) is 44.6 Å². The quantitative estimate of drug-likeness (QED) is 0.792. The topological polar surface area (TPSA) is 49.4 Å². The summed E-state index contributed by atoms with van der Waals surface area (Å²) in [6.45, 7) is 1.55. The van der Waals surface area contributed by atoms with Gasteiger partial charge in [0.2, 0.25) is 11.8 Å². The van der Waals surface area contributed by atoms with E-state index in [0.717, 1.165) is 45.2 Å². The highest BCUT2D eigenvalue weighted by Gasteiger charge is 2.37. The molecule has 0 unspecified atom stereocenters. The van der Waals surface area contributed by atoms with Gasteiger partial charge in [-0.15, -0.1) is 0 Å². The van der Waals surface area contributed by atoms with Crippen LogP contribution in [0.4, 0.5) is 0 Å². The first-order chi connectivity index (χ1) is 8.24. The second kappa shape index (κ2) is 4.31. The van der Waals surface area contributed by atoms with E-state index in [1.165, 1.54) is 6.42 Å². The van der Waals surface area contributed by atoms with E-state index in [1.54, 1.807) is 0 Å². The number of nitrogens with zero attached hydrogens (tertiary/aromatic N) is 1. The molecule has 3 rings (SSSR count). The number of rotatable bonds is 3. The highest BCUT2D eigenvalue weighted by atomic mass is 16.2. The molecule has 0 bridgehead atoms. The third-order valence-electron chi connectivity index (χ3n) is 4.25. The predicted molar refractivity (Wildman–Crippen MR) is 63.2 cm³/mol. The lowest BCUT2D eigenvalue weighted by Gasteiger charge is -2.26. The van der Waals surface area contributed by atoms with E-state index in [4.69, 9.17) is 0 Å². The van der Waals surface area contributed by atoms with Crippen LogP contribution in [-0.2, 0) is 9.59 Å². The summed E-state index contributed by atoms with van der Waals surface area (Å²) >= 11 is 0. The third kappa shape index (κ3) is 2.31. The molecule has 0 aromatic carbocycles. The minimum Gasteiger partial charge on any atom is -0.351 e. The Morgan fingerprint density at radius 2 is 1.76 bits per heavy atom. The van der Waals surface area contributed by atoms with Crippen LogP contribution in [-0.4, -0.2) is 35.8 Å². The smallest absolute Gasteiger partial charge is 0.225 e. The monoisotopic (exact) mass is 236 g/mol. The standard InChI is InChI=1S/C13H20N2O2/c16-12(9-2-1-3-9)14-11-6-7-15(8-11)13(17)10-4-5-10/h9-11H,1-8H2,(H,14,16)/t11-/m1/s1. The second-order valence-electron chi connectivity index (χ2n) is 5.68. The first kappa shape index (κ1) is 11.1. The van der Waals surface area contributed by atoms with Crippen LogP contribution in [0.25, 0.3) is 0 Å². The fraction of sp³-hybridized carbons (Fsp3) is 0.846. The van der Waals surface area contributed by atoms with Crippen molar-refractivity contribution in [1.82, 2.24) is 10.2 Å². The number of nitrogens with one attached hydrogen (secondary N) is 1. The first-order valence-electron chi connectivity index (χ1n) is 6.83. The van der Waals surface area contributed by atoms with Gasteiger partial charge in [-0.2, -0.15) is 0 Å². The second-order valence-corrected chi connectivity index (χ2v) is 5.68. The minimum atomic E-state index is 0.200. The molecular formula is C13H20N2O2. The zero-order valence-electron chi connectivity index (χ0n) is 10.2. The Morgan fingerprint density at radius 3 is 2.35 bits per heavy atom. The molecule has 4 nitrogen and oxygen atoms in total. The fourth-order valence-corrected chi connectivity index (χ4v) is 2.66. The van der Waals surface area contributed by atoms with Crippen molar-refractivity contribution in [3.63, 3.8) is 0 Å². The van der Waals surface area contributed by atoms with Crippen molar-refractivity contribution in [3.8, 4) is 0 Å². The average molecular weight is 236 g/mol. The molecule has 0 aromatic rings. The van der Waals surface area contributed by atoms with Crippen LogP contribution in [0.2, 0.25) is 0 Å². The van der Waals surface area contributed by atoms with Gasteiger partial charge in [-0.1, -0.05) is 6.42 Å². The van der Waals surface area contributed by atoms with Gasteiger partial charge in [-0.05, 0) is 32.1 Å². The molecule has 4 heteroatoms. The van der Waals surface area contributed by atoms with Gasteiger partial charge >= 0.3 is 0 Å². The summed E-state index contributed by atoms with van der Waals surface area (Å²) in [6.07, 6.45) is 6.33. The highest BCUT2D eigenvalue weighted by molar-refractivity contribution is 5.82. The summed E-state index contributed by atoms with van der Waals surface area (Å²) in [7, 11) is 0. The summed E-state index contributed by atoms with van der Waals surface area (Å²) in [6, 6.07) is 0.200. The maximum Gasteiger partial charge on any atom is 0.225 e. The van der Waals surface area contributed by atoms with Gasteiger partial charge in [0.15, 0.2) is 0 Å². The molecule has 3 fully saturated rings. The van der Waals surface area contributed by atoms with E-state index in [2.05, 4.69) is 5.32 Å². The Labute approximate surface area is 102 Å². The highest BCUT2D eigenvalue weighted by Crippen LogP contribution is 2.32. The molecule has 1 aliphatic heterocycles. The Morgan fingerprint density at radius 1 is 1.00 bits per heavy atom. The zero-order valence-corrected chi connectivity index (χ0v) is 10.2. The summed E-state index contributed by atoms with van der Waals surface area (Å²) in [5.41, 5.74) is 0. The van der Waals surface area contributed by atoms with Crippen molar-refractivity contribution < 1.29 is 9.59 Å². The van der Waals surface area contributed by atoms with Crippen LogP contribution in [0.3, 0.4) is 0 Å². The molecule has 94 valence electrons. The van der Waals surface area contributed by atoms with E-state index in [1.807, 2.05) is 4.90 Å². The summed E-state index contributed by atoms with van der Waals surface area (Å²) in [5.74, 6) is 1.08. The average Bonchev–Trinajstić information content (AvgIpc) is 2.96. The molecule has 1 saturated heterocycles. The van der Waals surface area contributed by atoms with Crippen molar-refractivity contribution in [2.24, 2.45) is 11.8 Å². The SMILES string of the molecule is O=C(N[C@@H]1CCN(C(=O)C2CC2)C1)C1CCC1. The van der Waals surface area contributed by atoms with Crippen LogP contribution in [0.1, 0.15) is 38.5 Å². The number of hydrogen-bond acceptors (Lipinski definition) is 2. The zero-order chi connectivity index (χ0) is 11.8. The van der Waals surface area contributed by atoms with Gasteiger partial charge < -0.3 is 10.2 Å². The van der Waals surface area contributed by atoms with Gasteiger partial charge in [0.25, 0.3) is 0 Å². The third-order valence-corrected chi connectivity index (χ3v) is 4.25. The Hall–Kier alpha value is -1.06. The molecule has 0 aromatic heterocycles. The number of hydrogen-bond donors (Lipinski definition) is 1. The largest absolute Gasteiger partial charge is 0.351 e. The van der Waals surface area contributed by atoms with Crippen LogP contribution >= 0.6 is 0 Å². The van der Waals surface area contributed by atoms with Crippen LogP contribution in [0.5, 0.6) is 0 Å². The molecule has 3 aliphatic rings. The van der Waals surface area contributed by atoms with E-state index in [9.17, 15) is 9.59 Å². The summed E-state index contributed by atoms with van der Waals surface area (Å²) in [4.78, 5) is 25.6. The van der Waals surface area contributed by atoms with Crippen LogP contribution in [0, 0.1) is 11.8 Å². The van der Waals surface area contributed by atoms with Gasteiger partial charge in [-0.3, -0.25) is 9.59 Å². The van der Waals surface area contributed by atoms with Gasteiger partial charge in [0.05, 0.1) is 0 Å². The minimum absolute atomic E-state index is 0.200. The number of carbonyl (C=O) groups is 2. The fourth-order valence-electron chi connectivity index (χ4n) is 2.66. The lowest BCUT2D eigenvalue weighted by Crippen LogP contribution is -2.43. The van der Waals surface area contributed by atoms with Gasteiger partial charge in [-0.25, -0.2) is 0 Å². The lowest BCUT2D eigenvalue weighted by molar-refractivity contribution is -0.132. The van der Waals surface area contributed by atoms with Crippen molar-refractivity contribution >= 4 is 11.8 Å². The molecule has 17 heavy (non-hydrogen) atoms. The molecule has 2 saturated carbocycles. The van der Waals surface area contributed by atoms with Gasteiger partial charge in [0.1, 0.15) is 0 Å². The van der Waals surface area contributed by atoms with Crippen LogP contribution in [0.15, 0.2) is 0 Å². The van der Waals surface area contributed by atoms with E-state index >= 15 is 0 Å².